The van der Waals surface area contributed by atoms with Crippen molar-refractivity contribution in [1.82, 2.24) is 9.88 Å². The maximum Gasteiger partial charge on any atom is 0.260 e. The number of nitrogens with one attached hydrogen (secondary N) is 1. The minimum absolute atomic E-state index is 0.206. The predicted octanol–water partition coefficient (Wildman–Crippen LogP) is 3.83. The van der Waals surface area contributed by atoms with Gasteiger partial charge in [0.25, 0.3) is 5.91 Å². The quantitative estimate of drug-likeness (QED) is 0.631. The number of aromatic nitrogens is 1. The van der Waals surface area contributed by atoms with Crippen molar-refractivity contribution in [3.63, 3.8) is 0 Å². The second kappa shape index (κ2) is 9.36. The number of carbonyl (C=O) groups excluding carboxylic acids is 1. The summed E-state index contributed by atoms with van der Waals surface area (Å²) in [6, 6.07) is 9.55. The van der Waals surface area contributed by atoms with Crippen LogP contribution in [0.25, 0.3) is 10.4 Å². The fraction of sp³-hybridized carbons (Fsp3) is 0.304. The first-order valence-electron chi connectivity index (χ1n) is 10.1. The van der Waals surface area contributed by atoms with Crippen molar-refractivity contribution in [3.8, 4) is 21.9 Å². The van der Waals surface area contributed by atoms with Gasteiger partial charge in [0, 0.05) is 49.6 Å². The number of nitrogens with zero attached hydrogens (tertiary/aromatic N) is 3. The van der Waals surface area contributed by atoms with Crippen LogP contribution in [0, 0.1) is 0 Å². The Hall–Kier alpha value is -3.10. The lowest BCUT2D eigenvalue weighted by molar-refractivity contribution is 0.102. The van der Waals surface area contributed by atoms with Crippen LogP contribution in [-0.2, 0) is 0 Å². The van der Waals surface area contributed by atoms with Crippen molar-refractivity contribution in [2.24, 2.45) is 0 Å². The van der Waals surface area contributed by atoms with Crippen LogP contribution in [0.1, 0.15) is 10.4 Å². The minimum atomic E-state index is -0.206. The number of thiophene rings is 1. The van der Waals surface area contributed by atoms with E-state index in [1.807, 2.05) is 35.7 Å². The SMILES string of the molecule is COc1ccc(NC(=O)c2csc(-c3ccncc3)c2OC)cc1N1CCN(C)CC1. The molecule has 0 atom stereocenters. The summed E-state index contributed by atoms with van der Waals surface area (Å²) >= 11 is 1.48. The molecule has 1 saturated heterocycles. The lowest BCUT2D eigenvalue weighted by Crippen LogP contribution is -2.44. The number of rotatable bonds is 6. The van der Waals surface area contributed by atoms with Gasteiger partial charge in [-0.1, -0.05) is 0 Å². The summed E-state index contributed by atoms with van der Waals surface area (Å²) in [7, 11) is 5.38. The van der Waals surface area contributed by atoms with Gasteiger partial charge >= 0.3 is 0 Å². The molecular weight excluding hydrogens is 412 g/mol. The van der Waals surface area contributed by atoms with Gasteiger partial charge in [-0.25, -0.2) is 0 Å². The van der Waals surface area contributed by atoms with Crippen molar-refractivity contribution >= 4 is 28.6 Å². The molecule has 7 nitrogen and oxygen atoms in total. The molecule has 1 fully saturated rings. The molecule has 1 aliphatic heterocycles. The zero-order valence-electron chi connectivity index (χ0n) is 17.9. The Morgan fingerprint density at radius 3 is 2.48 bits per heavy atom. The highest BCUT2D eigenvalue weighted by Gasteiger charge is 2.22. The van der Waals surface area contributed by atoms with Gasteiger partial charge in [-0.3, -0.25) is 9.78 Å². The van der Waals surface area contributed by atoms with Crippen LogP contribution in [0.2, 0.25) is 0 Å². The summed E-state index contributed by atoms with van der Waals surface area (Å²) in [6.45, 7) is 3.81. The Morgan fingerprint density at radius 2 is 1.81 bits per heavy atom. The van der Waals surface area contributed by atoms with Gasteiger partial charge < -0.3 is 24.6 Å². The highest BCUT2D eigenvalue weighted by atomic mass is 32.1. The third kappa shape index (κ3) is 4.50. The number of benzene rings is 1. The number of hydrogen-bond donors (Lipinski definition) is 1. The predicted molar refractivity (Wildman–Crippen MR) is 125 cm³/mol. The van der Waals surface area contributed by atoms with Crippen LogP contribution >= 0.6 is 11.3 Å². The number of carbonyl (C=O) groups is 1. The first-order chi connectivity index (χ1) is 15.1. The average molecular weight is 439 g/mol. The Balaban J connectivity index is 1.58. The summed E-state index contributed by atoms with van der Waals surface area (Å²) in [4.78, 5) is 22.6. The van der Waals surface area contributed by atoms with E-state index < -0.39 is 0 Å². The molecule has 8 heteroatoms. The fourth-order valence-corrected chi connectivity index (χ4v) is 4.69. The Bertz CT molecular complexity index is 1050. The lowest BCUT2D eigenvalue weighted by Gasteiger charge is -2.34. The summed E-state index contributed by atoms with van der Waals surface area (Å²) in [6.07, 6.45) is 3.46. The Morgan fingerprint density at radius 1 is 1.06 bits per heavy atom. The highest BCUT2D eigenvalue weighted by Crippen LogP contribution is 2.39. The van der Waals surface area contributed by atoms with Gasteiger partial charge in [0.2, 0.25) is 0 Å². The largest absolute Gasteiger partial charge is 0.495 e. The molecule has 162 valence electrons. The number of ether oxygens (including phenoxy) is 2. The number of hydrogen-bond acceptors (Lipinski definition) is 7. The minimum Gasteiger partial charge on any atom is -0.495 e. The molecule has 1 aromatic carbocycles. The van der Waals surface area contributed by atoms with Gasteiger partial charge in [-0.15, -0.1) is 11.3 Å². The third-order valence-corrected chi connectivity index (χ3v) is 6.43. The van der Waals surface area contributed by atoms with E-state index in [9.17, 15) is 4.79 Å². The van der Waals surface area contributed by atoms with E-state index in [0.29, 0.717) is 11.3 Å². The van der Waals surface area contributed by atoms with Crippen molar-refractivity contribution in [1.29, 1.82) is 0 Å². The average Bonchev–Trinajstić information content (AvgIpc) is 3.24. The molecule has 1 amide bonds. The van der Waals surface area contributed by atoms with Crippen LogP contribution in [0.5, 0.6) is 11.5 Å². The molecule has 0 saturated carbocycles. The number of piperazine rings is 1. The summed E-state index contributed by atoms with van der Waals surface area (Å²) in [5, 5.41) is 4.85. The molecule has 1 N–H and O–H groups in total. The molecule has 3 heterocycles. The Labute approximate surface area is 186 Å². The molecule has 0 aliphatic carbocycles. The van der Waals surface area contributed by atoms with Gasteiger partial charge in [0.05, 0.1) is 30.3 Å². The highest BCUT2D eigenvalue weighted by molar-refractivity contribution is 7.14. The van der Waals surface area contributed by atoms with Gasteiger partial charge in [-0.05, 0) is 42.9 Å². The van der Waals surface area contributed by atoms with Crippen LogP contribution in [0.15, 0.2) is 48.1 Å². The molecule has 0 unspecified atom stereocenters. The smallest absolute Gasteiger partial charge is 0.260 e. The fourth-order valence-electron chi connectivity index (χ4n) is 3.67. The molecule has 0 bridgehead atoms. The number of methoxy groups -OCH3 is 2. The first-order valence-corrected chi connectivity index (χ1v) is 11.0. The second-order valence-corrected chi connectivity index (χ2v) is 8.26. The van der Waals surface area contributed by atoms with E-state index in [2.05, 4.69) is 27.1 Å². The van der Waals surface area contributed by atoms with E-state index in [4.69, 9.17) is 9.47 Å². The normalized spacial score (nSPS) is 14.4. The van der Waals surface area contributed by atoms with Crippen molar-refractivity contribution in [3.05, 3.63) is 53.7 Å². The summed E-state index contributed by atoms with van der Waals surface area (Å²) < 4.78 is 11.2. The molecule has 3 aromatic rings. The number of amides is 1. The third-order valence-electron chi connectivity index (χ3n) is 5.42. The van der Waals surface area contributed by atoms with Crippen molar-refractivity contribution in [2.75, 3.05) is 57.7 Å². The van der Waals surface area contributed by atoms with E-state index in [1.54, 1.807) is 26.6 Å². The molecular formula is C23H26N4O3S. The Kier molecular flexibility index (Phi) is 6.39. The summed E-state index contributed by atoms with van der Waals surface area (Å²) in [5.41, 5.74) is 3.19. The molecule has 1 aliphatic rings. The monoisotopic (exact) mass is 438 g/mol. The van der Waals surface area contributed by atoms with Gasteiger partial charge in [-0.2, -0.15) is 0 Å². The number of anilines is 2. The van der Waals surface area contributed by atoms with E-state index in [-0.39, 0.29) is 5.91 Å². The van der Waals surface area contributed by atoms with Crippen molar-refractivity contribution < 1.29 is 14.3 Å². The number of pyridine rings is 1. The zero-order chi connectivity index (χ0) is 21.8. The van der Waals surface area contributed by atoms with Crippen molar-refractivity contribution in [2.45, 2.75) is 0 Å². The maximum atomic E-state index is 13.1. The van der Waals surface area contributed by atoms with E-state index in [0.717, 1.165) is 53.7 Å². The van der Waals surface area contributed by atoms with E-state index >= 15 is 0 Å². The topological polar surface area (TPSA) is 66.9 Å². The molecule has 2 aromatic heterocycles. The van der Waals surface area contributed by atoms with Crippen LogP contribution in [-0.4, -0.2) is 63.2 Å². The summed E-state index contributed by atoms with van der Waals surface area (Å²) in [5.74, 6) is 1.17. The van der Waals surface area contributed by atoms with Crippen LogP contribution < -0.4 is 19.7 Å². The van der Waals surface area contributed by atoms with E-state index in [1.165, 1.54) is 11.3 Å². The zero-order valence-corrected chi connectivity index (χ0v) is 18.7. The molecule has 31 heavy (non-hydrogen) atoms. The molecule has 4 rings (SSSR count). The molecule has 0 radical (unpaired) electrons. The van der Waals surface area contributed by atoms with Gasteiger partial charge in [0.1, 0.15) is 11.5 Å². The van der Waals surface area contributed by atoms with Gasteiger partial charge in [0.15, 0.2) is 0 Å². The lowest BCUT2D eigenvalue weighted by atomic mass is 10.1. The first kappa shape index (κ1) is 21.1. The molecule has 0 spiro atoms. The van der Waals surface area contributed by atoms with Crippen LogP contribution in [0.4, 0.5) is 11.4 Å². The van der Waals surface area contributed by atoms with Crippen LogP contribution in [0.3, 0.4) is 0 Å². The second-order valence-electron chi connectivity index (χ2n) is 7.38. The maximum absolute atomic E-state index is 13.1. The standard InChI is InChI=1S/C23H26N4O3S/c1-26-10-12-27(13-11-26)19-14-17(4-5-20(19)29-2)25-23(28)18-15-31-22(21(18)30-3)16-6-8-24-9-7-16/h4-9,14-15H,10-13H2,1-3H3,(H,25,28). The number of likely N-dealkylation sites (N-methyl/N-ethyl adjacent to an activating group) is 1.